The highest BCUT2D eigenvalue weighted by atomic mass is 35.5. The van der Waals surface area contributed by atoms with Crippen molar-refractivity contribution < 1.29 is 4.74 Å². The van der Waals surface area contributed by atoms with Gasteiger partial charge in [0.05, 0.1) is 12.1 Å². The Morgan fingerprint density at radius 2 is 1.77 bits per heavy atom. The van der Waals surface area contributed by atoms with Gasteiger partial charge in [-0.25, -0.2) is 0 Å². The zero-order valence-corrected chi connectivity index (χ0v) is 22.0. The standard InChI is InChI=1S/C26H28N4O2.3ClH/c1-30-25-10-8-23(19-21(25)6-11-26(30)31)32-18-4-15-29-24(20-12-16-27-17-13-20)9-7-22-5-2-3-14-28-22;;;/h2-3,5-6,8,10-14,16-17,19,24,29H,4,7,9,15,18H2,1H3;3*1H. The highest BCUT2D eigenvalue weighted by Gasteiger charge is 2.11. The van der Waals surface area contributed by atoms with Crippen molar-refractivity contribution in [3.05, 3.63) is 101 Å². The van der Waals surface area contributed by atoms with Crippen molar-refractivity contribution in [1.82, 2.24) is 19.9 Å². The van der Waals surface area contributed by atoms with E-state index in [0.717, 1.165) is 48.2 Å². The molecule has 0 radical (unpaired) electrons. The molecule has 0 bridgehead atoms. The van der Waals surface area contributed by atoms with Gasteiger partial charge in [0.25, 0.3) is 5.56 Å². The third kappa shape index (κ3) is 8.51. The lowest BCUT2D eigenvalue weighted by Crippen LogP contribution is -2.24. The van der Waals surface area contributed by atoms with Gasteiger partial charge < -0.3 is 14.6 Å². The number of hydrogen-bond acceptors (Lipinski definition) is 5. The molecule has 6 nitrogen and oxygen atoms in total. The summed E-state index contributed by atoms with van der Waals surface area (Å²) in [6.07, 6.45) is 8.28. The van der Waals surface area contributed by atoms with Crippen LogP contribution < -0.4 is 15.6 Å². The minimum Gasteiger partial charge on any atom is -0.494 e. The summed E-state index contributed by atoms with van der Waals surface area (Å²) in [7, 11) is 1.78. The predicted octanol–water partition coefficient (Wildman–Crippen LogP) is 5.33. The molecule has 4 aromatic rings. The molecule has 188 valence electrons. The minimum atomic E-state index is -0.0101. The third-order valence-corrected chi connectivity index (χ3v) is 5.60. The number of nitrogens with zero attached hydrogens (tertiary/aromatic N) is 3. The van der Waals surface area contributed by atoms with Crippen LogP contribution in [0.5, 0.6) is 5.75 Å². The average molecular weight is 538 g/mol. The summed E-state index contributed by atoms with van der Waals surface area (Å²) >= 11 is 0. The predicted molar refractivity (Wildman–Crippen MR) is 149 cm³/mol. The molecule has 1 atom stereocenters. The maximum absolute atomic E-state index is 11.8. The molecule has 0 saturated heterocycles. The van der Waals surface area contributed by atoms with Crippen molar-refractivity contribution >= 4 is 48.1 Å². The number of fused-ring (bicyclic) bond motifs is 1. The van der Waals surface area contributed by atoms with E-state index in [2.05, 4.69) is 33.5 Å². The minimum absolute atomic E-state index is 0. The Morgan fingerprint density at radius 1 is 0.971 bits per heavy atom. The summed E-state index contributed by atoms with van der Waals surface area (Å²) in [6.45, 7) is 1.46. The van der Waals surface area contributed by atoms with Gasteiger partial charge in [-0.05, 0) is 79.9 Å². The van der Waals surface area contributed by atoms with E-state index in [1.807, 2.05) is 55.0 Å². The maximum Gasteiger partial charge on any atom is 0.250 e. The van der Waals surface area contributed by atoms with Crippen molar-refractivity contribution in [3.8, 4) is 5.75 Å². The maximum atomic E-state index is 11.8. The number of ether oxygens (including phenoxy) is 1. The Morgan fingerprint density at radius 3 is 2.51 bits per heavy atom. The van der Waals surface area contributed by atoms with E-state index < -0.39 is 0 Å². The molecular formula is C26H31Cl3N4O2. The molecule has 0 aliphatic heterocycles. The Bertz CT molecular complexity index is 1210. The zero-order valence-electron chi connectivity index (χ0n) is 19.5. The fraction of sp³-hybridized carbons (Fsp3) is 0.269. The SMILES string of the molecule is Cl.Cl.Cl.Cn1c(=O)ccc2cc(OCCCNC(CCc3ccccn3)c3ccncc3)ccc21. The Hall–Kier alpha value is -2.64. The van der Waals surface area contributed by atoms with Crippen LogP contribution in [0, 0.1) is 0 Å². The first kappa shape index (κ1) is 30.4. The van der Waals surface area contributed by atoms with Gasteiger partial charge in [0.1, 0.15) is 5.75 Å². The fourth-order valence-electron chi connectivity index (χ4n) is 3.81. The quantitative estimate of drug-likeness (QED) is 0.277. The number of pyridine rings is 3. The van der Waals surface area contributed by atoms with Crippen molar-refractivity contribution in [2.24, 2.45) is 7.05 Å². The zero-order chi connectivity index (χ0) is 22.2. The number of benzene rings is 1. The summed E-state index contributed by atoms with van der Waals surface area (Å²) in [6, 6.07) is 19.7. The first-order chi connectivity index (χ1) is 15.7. The topological polar surface area (TPSA) is 69.0 Å². The number of hydrogen-bond donors (Lipinski definition) is 1. The summed E-state index contributed by atoms with van der Waals surface area (Å²) in [5.41, 5.74) is 3.23. The highest BCUT2D eigenvalue weighted by molar-refractivity contribution is 5.86. The van der Waals surface area contributed by atoms with Gasteiger partial charge in [-0.3, -0.25) is 14.8 Å². The van der Waals surface area contributed by atoms with E-state index >= 15 is 0 Å². The first-order valence-electron chi connectivity index (χ1n) is 11.0. The Balaban J connectivity index is 0.00000204. The molecule has 0 aliphatic rings. The molecule has 1 unspecified atom stereocenters. The number of halogens is 3. The number of rotatable bonds is 10. The summed E-state index contributed by atoms with van der Waals surface area (Å²) < 4.78 is 7.60. The second-order valence-electron chi connectivity index (χ2n) is 7.80. The van der Waals surface area contributed by atoms with E-state index in [0.29, 0.717) is 6.61 Å². The molecule has 0 saturated carbocycles. The Labute approximate surface area is 224 Å². The number of nitrogens with one attached hydrogen (secondary N) is 1. The monoisotopic (exact) mass is 536 g/mol. The van der Waals surface area contributed by atoms with Crippen molar-refractivity contribution in [3.63, 3.8) is 0 Å². The van der Waals surface area contributed by atoms with Gasteiger partial charge in [0, 0.05) is 48.8 Å². The van der Waals surface area contributed by atoms with E-state index in [1.54, 1.807) is 17.7 Å². The fourth-order valence-corrected chi connectivity index (χ4v) is 3.81. The van der Waals surface area contributed by atoms with Crippen LogP contribution in [0.25, 0.3) is 10.9 Å². The van der Waals surface area contributed by atoms with Crippen molar-refractivity contribution in [1.29, 1.82) is 0 Å². The molecule has 3 heterocycles. The van der Waals surface area contributed by atoms with Gasteiger partial charge in [-0.15, -0.1) is 37.2 Å². The van der Waals surface area contributed by atoms with Crippen LogP contribution in [-0.4, -0.2) is 27.7 Å². The van der Waals surface area contributed by atoms with Crippen molar-refractivity contribution in [2.75, 3.05) is 13.2 Å². The second kappa shape index (κ2) is 15.4. The summed E-state index contributed by atoms with van der Waals surface area (Å²) in [5.74, 6) is 0.817. The van der Waals surface area contributed by atoms with Gasteiger partial charge in [0.2, 0.25) is 0 Å². The van der Waals surface area contributed by atoms with E-state index in [4.69, 9.17) is 4.74 Å². The Kier molecular flexibility index (Phi) is 13.3. The van der Waals surface area contributed by atoms with Gasteiger partial charge in [-0.1, -0.05) is 6.07 Å². The summed E-state index contributed by atoms with van der Waals surface area (Å²) in [5, 5.41) is 4.66. The van der Waals surface area contributed by atoms with Gasteiger partial charge >= 0.3 is 0 Å². The molecule has 0 fully saturated rings. The summed E-state index contributed by atoms with van der Waals surface area (Å²) in [4.78, 5) is 20.3. The van der Waals surface area contributed by atoms with Gasteiger partial charge in [0.15, 0.2) is 0 Å². The van der Waals surface area contributed by atoms with Crippen molar-refractivity contribution in [2.45, 2.75) is 25.3 Å². The van der Waals surface area contributed by atoms with E-state index in [1.165, 1.54) is 5.56 Å². The van der Waals surface area contributed by atoms with Crippen LogP contribution in [0.15, 0.2) is 84.0 Å². The van der Waals surface area contributed by atoms with Crippen LogP contribution in [-0.2, 0) is 13.5 Å². The van der Waals surface area contributed by atoms with Crippen LogP contribution in [0.4, 0.5) is 0 Å². The lowest BCUT2D eigenvalue weighted by Gasteiger charge is -2.19. The molecule has 4 rings (SSSR count). The molecule has 9 heteroatoms. The number of aromatic nitrogens is 3. The third-order valence-electron chi connectivity index (χ3n) is 5.60. The number of aryl methyl sites for hydroxylation is 2. The first-order valence-corrected chi connectivity index (χ1v) is 11.0. The molecular weight excluding hydrogens is 507 g/mol. The van der Waals surface area contributed by atoms with Crippen LogP contribution in [0.3, 0.4) is 0 Å². The molecule has 0 amide bonds. The molecule has 0 spiro atoms. The molecule has 3 aromatic heterocycles. The highest BCUT2D eigenvalue weighted by Crippen LogP contribution is 2.20. The van der Waals surface area contributed by atoms with Crippen LogP contribution in [0.1, 0.15) is 30.1 Å². The normalized spacial score (nSPS) is 11.0. The molecule has 0 aliphatic carbocycles. The van der Waals surface area contributed by atoms with E-state index in [-0.39, 0.29) is 48.8 Å². The lowest BCUT2D eigenvalue weighted by molar-refractivity contribution is 0.304. The molecule has 1 N–H and O–H groups in total. The van der Waals surface area contributed by atoms with Gasteiger partial charge in [-0.2, -0.15) is 0 Å². The smallest absolute Gasteiger partial charge is 0.250 e. The van der Waals surface area contributed by atoms with Crippen LogP contribution >= 0.6 is 37.2 Å². The van der Waals surface area contributed by atoms with E-state index in [9.17, 15) is 4.79 Å². The second-order valence-corrected chi connectivity index (χ2v) is 7.80. The molecule has 35 heavy (non-hydrogen) atoms. The lowest BCUT2D eigenvalue weighted by atomic mass is 10.0. The van der Waals surface area contributed by atoms with Crippen LogP contribution in [0.2, 0.25) is 0 Å². The largest absolute Gasteiger partial charge is 0.494 e. The average Bonchev–Trinajstić information content (AvgIpc) is 2.84. The molecule has 1 aromatic carbocycles.